The molecule has 142 valence electrons. The average molecular weight is 364 g/mol. The molecule has 2 aliphatic heterocycles. The fourth-order valence-electron chi connectivity index (χ4n) is 3.78. The van der Waals surface area contributed by atoms with Crippen molar-refractivity contribution in [2.75, 3.05) is 32.8 Å². The molecule has 1 saturated heterocycles. The first-order valence-corrected chi connectivity index (χ1v) is 8.72. The van der Waals surface area contributed by atoms with Crippen LogP contribution in [0.25, 0.3) is 0 Å². The SMILES string of the molecule is Cc1c(C(O)CN2CCN(C(=O)O)CC2CCO)ccc2c1COC2=O. The minimum atomic E-state index is -0.965. The summed E-state index contributed by atoms with van der Waals surface area (Å²) < 4.78 is 5.05. The molecule has 1 amide bonds. The first-order chi connectivity index (χ1) is 12.4. The number of hydrogen-bond acceptors (Lipinski definition) is 6. The van der Waals surface area contributed by atoms with E-state index in [4.69, 9.17) is 4.74 Å². The highest BCUT2D eigenvalue weighted by Gasteiger charge is 2.31. The zero-order chi connectivity index (χ0) is 18.8. The second kappa shape index (κ2) is 7.61. The Morgan fingerprint density at radius 1 is 1.38 bits per heavy atom. The zero-order valence-electron chi connectivity index (χ0n) is 14.7. The lowest BCUT2D eigenvalue weighted by Crippen LogP contribution is -2.55. The maximum Gasteiger partial charge on any atom is 0.407 e. The number of fused-ring (bicyclic) bond motifs is 1. The van der Waals surface area contributed by atoms with Crippen LogP contribution in [0.2, 0.25) is 0 Å². The first kappa shape index (κ1) is 18.6. The lowest BCUT2D eigenvalue weighted by atomic mass is 9.94. The van der Waals surface area contributed by atoms with Crippen LogP contribution in [0, 0.1) is 6.92 Å². The Hall–Kier alpha value is -2.16. The summed E-state index contributed by atoms with van der Waals surface area (Å²) in [4.78, 5) is 26.2. The Morgan fingerprint density at radius 2 is 2.15 bits per heavy atom. The Balaban J connectivity index is 1.74. The number of rotatable bonds is 5. The molecule has 1 aromatic rings. The molecule has 2 heterocycles. The smallest absolute Gasteiger partial charge is 0.407 e. The Morgan fingerprint density at radius 3 is 2.85 bits per heavy atom. The van der Waals surface area contributed by atoms with Crippen LogP contribution in [-0.2, 0) is 11.3 Å². The Bertz CT molecular complexity index is 707. The molecule has 2 aliphatic rings. The highest BCUT2D eigenvalue weighted by Crippen LogP contribution is 2.30. The van der Waals surface area contributed by atoms with Crippen molar-refractivity contribution in [1.29, 1.82) is 0 Å². The minimum Gasteiger partial charge on any atom is -0.465 e. The molecule has 0 bridgehead atoms. The fourth-order valence-corrected chi connectivity index (χ4v) is 3.78. The molecule has 3 rings (SSSR count). The van der Waals surface area contributed by atoms with E-state index >= 15 is 0 Å². The molecule has 26 heavy (non-hydrogen) atoms. The Labute approximate surface area is 151 Å². The van der Waals surface area contributed by atoms with E-state index < -0.39 is 12.2 Å². The van der Waals surface area contributed by atoms with Crippen LogP contribution in [0.1, 0.15) is 39.6 Å². The lowest BCUT2D eigenvalue weighted by molar-refractivity contribution is 0.0251. The van der Waals surface area contributed by atoms with Crippen molar-refractivity contribution < 1.29 is 29.6 Å². The van der Waals surface area contributed by atoms with Gasteiger partial charge in [-0.15, -0.1) is 0 Å². The number of carbonyl (C=O) groups excluding carboxylic acids is 1. The summed E-state index contributed by atoms with van der Waals surface area (Å²) in [5, 5.41) is 29.2. The van der Waals surface area contributed by atoms with E-state index in [-0.39, 0.29) is 25.2 Å². The molecule has 1 fully saturated rings. The summed E-state index contributed by atoms with van der Waals surface area (Å²) in [6.07, 6.45) is -1.29. The van der Waals surface area contributed by atoms with E-state index in [1.807, 2.05) is 11.8 Å². The molecule has 3 N–H and O–H groups in total. The normalized spacial score (nSPS) is 21.4. The highest BCUT2D eigenvalue weighted by molar-refractivity contribution is 5.93. The van der Waals surface area contributed by atoms with Gasteiger partial charge >= 0.3 is 12.1 Å². The summed E-state index contributed by atoms with van der Waals surface area (Å²) in [7, 11) is 0. The van der Waals surface area contributed by atoms with E-state index in [0.29, 0.717) is 38.2 Å². The van der Waals surface area contributed by atoms with Crippen LogP contribution in [0.15, 0.2) is 12.1 Å². The fraction of sp³-hybridized carbons (Fsp3) is 0.556. The van der Waals surface area contributed by atoms with Gasteiger partial charge in [-0.1, -0.05) is 6.07 Å². The molecule has 2 unspecified atom stereocenters. The number of amides is 1. The number of aliphatic hydroxyl groups excluding tert-OH is 2. The first-order valence-electron chi connectivity index (χ1n) is 8.72. The number of carbonyl (C=O) groups is 2. The quantitative estimate of drug-likeness (QED) is 0.661. The number of cyclic esters (lactones) is 1. The third-order valence-corrected chi connectivity index (χ3v) is 5.31. The number of aliphatic hydroxyl groups is 2. The van der Waals surface area contributed by atoms with Crippen molar-refractivity contribution in [1.82, 2.24) is 9.80 Å². The second-order valence-corrected chi connectivity index (χ2v) is 6.79. The number of carboxylic acid groups (broad SMARTS) is 1. The number of ether oxygens (including phenoxy) is 1. The molecule has 0 aromatic heterocycles. The third kappa shape index (κ3) is 3.53. The summed E-state index contributed by atoms with van der Waals surface area (Å²) in [5.74, 6) is -0.336. The van der Waals surface area contributed by atoms with Gasteiger partial charge in [0.25, 0.3) is 0 Å². The number of hydrogen-bond donors (Lipinski definition) is 3. The van der Waals surface area contributed by atoms with Crippen LogP contribution in [0.3, 0.4) is 0 Å². The van der Waals surface area contributed by atoms with Crippen molar-refractivity contribution in [3.63, 3.8) is 0 Å². The van der Waals surface area contributed by atoms with Gasteiger partial charge in [0, 0.05) is 44.4 Å². The molecule has 0 spiro atoms. The van der Waals surface area contributed by atoms with Gasteiger partial charge in [-0.25, -0.2) is 9.59 Å². The summed E-state index contributed by atoms with van der Waals surface area (Å²) >= 11 is 0. The van der Waals surface area contributed by atoms with Crippen molar-refractivity contribution in [2.45, 2.75) is 32.1 Å². The third-order valence-electron chi connectivity index (χ3n) is 5.31. The number of piperazine rings is 1. The van der Waals surface area contributed by atoms with E-state index in [0.717, 1.165) is 16.7 Å². The van der Waals surface area contributed by atoms with Crippen LogP contribution < -0.4 is 0 Å². The molecule has 0 aliphatic carbocycles. The van der Waals surface area contributed by atoms with Gasteiger partial charge in [-0.2, -0.15) is 0 Å². The Kier molecular flexibility index (Phi) is 5.45. The van der Waals surface area contributed by atoms with Crippen molar-refractivity contribution in [3.05, 3.63) is 34.4 Å². The molecule has 0 radical (unpaired) electrons. The average Bonchev–Trinajstić information content (AvgIpc) is 2.98. The van der Waals surface area contributed by atoms with Crippen LogP contribution in [0.4, 0.5) is 4.79 Å². The minimum absolute atomic E-state index is 0.0396. The van der Waals surface area contributed by atoms with Gasteiger partial charge in [0.1, 0.15) is 6.61 Å². The van der Waals surface area contributed by atoms with Crippen LogP contribution >= 0.6 is 0 Å². The van der Waals surface area contributed by atoms with Crippen molar-refractivity contribution >= 4 is 12.1 Å². The molecule has 8 heteroatoms. The van der Waals surface area contributed by atoms with Gasteiger partial charge in [-0.05, 0) is 30.5 Å². The van der Waals surface area contributed by atoms with Crippen molar-refractivity contribution in [3.8, 4) is 0 Å². The van der Waals surface area contributed by atoms with Gasteiger partial charge in [0.15, 0.2) is 0 Å². The number of benzene rings is 1. The molecule has 0 saturated carbocycles. The van der Waals surface area contributed by atoms with E-state index in [2.05, 4.69) is 0 Å². The van der Waals surface area contributed by atoms with Gasteiger partial charge in [0.05, 0.1) is 11.7 Å². The summed E-state index contributed by atoms with van der Waals surface area (Å²) in [6.45, 7) is 3.58. The maximum absolute atomic E-state index is 11.6. The number of β-amino-alcohol motifs (C(OH)–C–C–N with tert-alkyl or cyclic N) is 1. The maximum atomic E-state index is 11.6. The standard InChI is InChI=1S/C18H24N2O6/c1-11-13(2-3-14-15(11)10-26-17(14)23)16(22)9-19-5-6-20(18(24)25)8-12(19)4-7-21/h2-3,12,16,21-22H,4-10H2,1H3,(H,24,25). The topological polar surface area (TPSA) is 111 Å². The molecular weight excluding hydrogens is 340 g/mol. The van der Waals surface area contributed by atoms with E-state index in [1.165, 1.54) is 4.90 Å². The highest BCUT2D eigenvalue weighted by atomic mass is 16.5. The van der Waals surface area contributed by atoms with Crippen molar-refractivity contribution in [2.24, 2.45) is 0 Å². The van der Waals surface area contributed by atoms with Gasteiger partial charge in [-0.3, -0.25) is 4.90 Å². The number of esters is 1. The predicted octanol–water partition coefficient (Wildman–Crippen LogP) is 0.745. The predicted molar refractivity (Wildman–Crippen MR) is 91.9 cm³/mol. The van der Waals surface area contributed by atoms with Crippen LogP contribution in [0.5, 0.6) is 0 Å². The largest absolute Gasteiger partial charge is 0.465 e. The lowest BCUT2D eigenvalue weighted by Gasteiger charge is -2.41. The molecule has 8 nitrogen and oxygen atoms in total. The van der Waals surface area contributed by atoms with E-state index in [1.54, 1.807) is 12.1 Å². The molecular formula is C18H24N2O6. The van der Waals surface area contributed by atoms with Gasteiger partial charge in [0.2, 0.25) is 0 Å². The van der Waals surface area contributed by atoms with Gasteiger partial charge < -0.3 is 25.0 Å². The molecule has 2 atom stereocenters. The van der Waals surface area contributed by atoms with Crippen LogP contribution in [-0.4, -0.2) is 76.0 Å². The zero-order valence-corrected chi connectivity index (χ0v) is 14.7. The summed E-state index contributed by atoms with van der Waals surface area (Å²) in [5.41, 5.74) is 2.95. The monoisotopic (exact) mass is 364 g/mol. The number of nitrogens with zero attached hydrogens (tertiary/aromatic N) is 2. The summed E-state index contributed by atoms with van der Waals surface area (Å²) in [6, 6.07) is 3.29. The molecule has 1 aromatic carbocycles. The van der Waals surface area contributed by atoms with E-state index in [9.17, 15) is 24.9 Å². The second-order valence-electron chi connectivity index (χ2n) is 6.79.